The molecule has 2 aliphatic heterocycles. The normalized spacial score (nSPS) is 18.0. The molecule has 0 aromatic heterocycles. The average Bonchev–Trinajstić information content (AvgIpc) is 3.29. The molecule has 2 aliphatic rings. The van der Waals surface area contributed by atoms with Gasteiger partial charge in [-0.3, -0.25) is 9.59 Å². The summed E-state index contributed by atoms with van der Waals surface area (Å²) in [5.41, 5.74) is 0.733. The highest BCUT2D eigenvalue weighted by Gasteiger charge is 2.35. The molecule has 0 unspecified atom stereocenters. The van der Waals surface area contributed by atoms with Gasteiger partial charge < -0.3 is 24.8 Å². The topological polar surface area (TPSA) is 123 Å². The molecule has 0 spiro atoms. The van der Waals surface area contributed by atoms with Crippen molar-refractivity contribution in [3.63, 3.8) is 0 Å². The Balaban J connectivity index is 1.33. The maximum absolute atomic E-state index is 13.0. The largest absolute Gasteiger partial charge is 0.454 e. The van der Waals surface area contributed by atoms with Crippen molar-refractivity contribution >= 4 is 33.4 Å². The van der Waals surface area contributed by atoms with Crippen molar-refractivity contribution in [1.82, 2.24) is 14.9 Å². The Kier molecular flexibility index (Phi) is 7.03. The summed E-state index contributed by atoms with van der Waals surface area (Å²) in [6.07, 6.45) is -0.433. The Morgan fingerprint density at radius 1 is 1.03 bits per heavy atom. The van der Waals surface area contributed by atoms with Crippen LogP contribution in [-0.4, -0.2) is 57.3 Å². The maximum atomic E-state index is 13.0. The maximum Gasteiger partial charge on any atom is 0.309 e. The molecule has 2 aromatic carbocycles. The second-order valence-electron chi connectivity index (χ2n) is 7.33. The summed E-state index contributed by atoms with van der Waals surface area (Å²) in [7, 11) is -3.87. The van der Waals surface area contributed by atoms with Crippen molar-refractivity contribution in [3.05, 3.63) is 53.1 Å². The van der Waals surface area contributed by atoms with Gasteiger partial charge >= 0.3 is 11.8 Å². The lowest BCUT2D eigenvalue weighted by atomic mass is 10.2. The van der Waals surface area contributed by atoms with Gasteiger partial charge in [-0.25, -0.2) is 8.42 Å². The molecule has 0 saturated carbocycles. The van der Waals surface area contributed by atoms with E-state index in [1.165, 1.54) is 28.6 Å². The van der Waals surface area contributed by atoms with Crippen LogP contribution in [0.4, 0.5) is 0 Å². The number of nitrogens with one attached hydrogen (secondary N) is 2. The summed E-state index contributed by atoms with van der Waals surface area (Å²) >= 11 is 5.85. The number of ether oxygens (including phenoxy) is 3. The van der Waals surface area contributed by atoms with Gasteiger partial charge in [0.2, 0.25) is 16.8 Å². The summed E-state index contributed by atoms with van der Waals surface area (Å²) in [6.45, 7) is 0.635. The molecule has 1 fully saturated rings. The van der Waals surface area contributed by atoms with E-state index < -0.39 is 28.1 Å². The number of carbonyl (C=O) groups excluding carboxylic acids is 2. The zero-order valence-corrected chi connectivity index (χ0v) is 19.0. The summed E-state index contributed by atoms with van der Waals surface area (Å²) in [5.74, 6) is -0.555. The third-order valence-electron chi connectivity index (χ3n) is 5.11. The first-order valence-electron chi connectivity index (χ1n) is 10.2. The number of hydrogen-bond acceptors (Lipinski definition) is 7. The fourth-order valence-corrected chi connectivity index (χ4v) is 5.11. The van der Waals surface area contributed by atoms with E-state index in [-0.39, 0.29) is 31.3 Å². The van der Waals surface area contributed by atoms with Crippen LogP contribution in [0.3, 0.4) is 0 Å². The second-order valence-corrected chi connectivity index (χ2v) is 9.66. The second kappa shape index (κ2) is 9.96. The zero-order chi connectivity index (χ0) is 23.4. The molecule has 0 aliphatic carbocycles. The van der Waals surface area contributed by atoms with Crippen molar-refractivity contribution in [2.24, 2.45) is 0 Å². The molecular formula is C21H22ClN3O7S. The average molecular weight is 496 g/mol. The van der Waals surface area contributed by atoms with E-state index >= 15 is 0 Å². The molecule has 2 N–H and O–H groups in total. The predicted octanol–water partition coefficient (Wildman–Crippen LogP) is 1.24. The van der Waals surface area contributed by atoms with Gasteiger partial charge in [0, 0.05) is 18.1 Å². The first-order chi connectivity index (χ1) is 15.8. The van der Waals surface area contributed by atoms with Crippen LogP contribution in [0.1, 0.15) is 12.0 Å². The quantitative estimate of drug-likeness (QED) is 0.578. The van der Waals surface area contributed by atoms with E-state index in [9.17, 15) is 18.0 Å². The number of amides is 2. The van der Waals surface area contributed by atoms with E-state index in [0.29, 0.717) is 29.5 Å². The molecule has 0 radical (unpaired) electrons. The first kappa shape index (κ1) is 23.3. The van der Waals surface area contributed by atoms with Crippen LogP contribution in [0.5, 0.6) is 11.5 Å². The number of hydrogen-bond donors (Lipinski definition) is 2. The Morgan fingerprint density at radius 2 is 1.76 bits per heavy atom. The predicted molar refractivity (Wildman–Crippen MR) is 117 cm³/mol. The number of benzene rings is 2. The summed E-state index contributed by atoms with van der Waals surface area (Å²) in [6, 6.07) is 11.0. The van der Waals surface area contributed by atoms with E-state index in [0.717, 1.165) is 5.56 Å². The van der Waals surface area contributed by atoms with Gasteiger partial charge in [-0.05, 0) is 48.4 Å². The lowest BCUT2D eigenvalue weighted by Gasteiger charge is -2.34. The van der Waals surface area contributed by atoms with Crippen molar-refractivity contribution in [1.29, 1.82) is 0 Å². The minimum absolute atomic E-state index is 0.0650. The number of halogens is 1. The number of rotatable bonds is 6. The molecule has 2 heterocycles. The molecule has 2 amide bonds. The third-order valence-corrected chi connectivity index (χ3v) is 7.26. The molecule has 1 saturated heterocycles. The van der Waals surface area contributed by atoms with Gasteiger partial charge in [0.15, 0.2) is 11.5 Å². The Hall–Kier alpha value is -2.86. The molecule has 2 aromatic rings. The van der Waals surface area contributed by atoms with E-state index in [1.54, 1.807) is 18.2 Å². The van der Waals surface area contributed by atoms with Crippen molar-refractivity contribution in [3.8, 4) is 11.5 Å². The lowest BCUT2D eigenvalue weighted by Crippen LogP contribution is -2.53. The SMILES string of the molecule is O=C(NCc1ccc2c(c1)OCO2)C(=O)NC[C@H]1OCCCN1S(=O)(=O)c1ccc(Cl)cc1. The molecule has 33 heavy (non-hydrogen) atoms. The fraction of sp³-hybridized carbons (Fsp3) is 0.333. The highest BCUT2D eigenvalue weighted by molar-refractivity contribution is 7.89. The van der Waals surface area contributed by atoms with Gasteiger partial charge in [-0.1, -0.05) is 17.7 Å². The van der Waals surface area contributed by atoms with Gasteiger partial charge in [0.05, 0.1) is 18.0 Å². The smallest absolute Gasteiger partial charge is 0.309 e. The molecule has 12 heteroatoms. The zero-order valence-electron chi connectivity index (χ0n) is 17.5. The van der Waals surface area contributed by atoms with Gasteiger partial charge in [0.1, 0.15) is 6.23 Å². The number of fused-ring (bicyclic) bond motifs is 1. The molecular weight excluding hydrogens is 474 g/mol. The molecule has 176 valence electrons. The first-order valence-corrected chi connectivity index (χ1v) is 12.0. The number of nitrogens with zero attached hydrogens (tertiary/aromatic N) is 1. The number of carbonyl (C=O) groups is 2. The number of sulfonamides is 1. The Bertz CT molecular complexity index is 1140. The van der Waals surface area contributed by atoms with Crippen LogP contribution in [0.25, 0.3) is 0 Å². The monoisotopic (exact) mass is 495 g/mol. The molecule has 1 atom stereocenters. The van der Waals surface area contributed by atoms with E-state index in [1.807, 2.05) is 0 Å². The van der Waals surface area contributed by atoms with Crippen molar-refractivity contribution < 1.29 is 32.2 Å². The summed E-state index contributed by atoms with van der Waals surface area (Å²) in [4.78, 5) is 24.5. The van der Waals surface area contributed by atoms with Crippen molar-refractivity contribution in [2.45, 2.75) is 24.1 Å². The summed E-state index contributed by atoms with van der Waals surface area (Å²) < 4.78 is 43.3. The van der Waals surface area contributed by atoms with E-state index in [4.69, 9.17) is 25.8 Å². The minimum Gasteiger partial charge on any atom is -0.454 e. The fourth-order valence-electron chi connectivity index (χ4n) is 3.42. The van der Waals surface area contributed by atoms with E-state index in [2.05, 4.69) is 10.6 Å². The van der Waals surface area contributed by atoms with Crippen LogP contribution in [0.2, 0.25) is 5.02 Å². The molecule has 10 nitrogen and oxygen atoms in total. The van der Waals surface area contributed by atoms with Crippen LogP contribution in [0.15, 0.2) is 47.4 Å². The van der Waals surface area contributed by atoms with Crippen LogP contribution in [-0.2, 0) is 30.9 Å². The van der Waals surface area contributed by atoms with Crippen molar-refractivity contribution in [2.75, 3.05) is 26.5 Å². The highest BCUT2D eigenvalue weighted by atomic mass is 35.5. The summed E-state index contributed by atoms with van der Waals surface area (Å²) in [5, 5.41) is 5.38. The Labute approximate surface area is 195 Å². The van der Waals surface area contributed by atoms with Crippen LogP contribution >= 0.6 is 11.6 Å². The minimum atomic E-state index is -3.87. The van der Waals surface area contributed by atoms with Crippen LogP contribution < -0.4 is 20.1 Å². The highest BCUT2D eigenvalue weighted by Crippen LogP contribution is 2.32. The standard InChI is InChI=1S/C21H22ClN3O7S/c22-15-3-5-16(6-4-15)33(28,29)25-8-1-9-30-19(25)12-24-21(27)20(26)23-11-14-2-7-17-18(10-14)32-13-31-17/h2-7,10,19H,1,8-9,11-13H2,(H,23,26)(H,24,27)/t19-/m1/s1. The van der Waals surface area contributed by atoms with Crippen LogP contribution in [0, 0.1) is 0 Å². The van der Waals surface area contributed by atoms with Gasteiger partial charge in [-0.15, -0.1) is 0 Å². The molecule has 4 rings (SSSR count). The third kappa shape index (κ3) is 5.38. The lowest BCUT2D eigenvalue weighted by molar-refractivity contribution is -0.140. The van der Waals surface area contributed by atoms with Gasteiger partial charge in [-0.2, -0.15) is 4.31 Å². The molecule has 0 bridgehead atoms. The van der Waals surface area contributed by atoms with Gasteiger partial charge in [0.25, 0.3) is 0 Å². The Morgan fingerprint density at radius 3 is 2.55 bits per heavy atom.